The predicted octanol–water partition coefficient (Wildman–Crippen LogP) is 2.00. The fourth-order valence-corrected chi connectivity index (χ4v) is 2.30. The van der Waals surface area contributed by atoms with Crippen molar-refractivity contribution in [2.45, 2.75) is 45.6 Å². The van der Waals surface area contributed by atoms with Crippen molar-refractivity contribution in [3.63, 3.8) is 0 Å². The van der Waals surface area contributed by atoms with Crippen LogP contribution >= 0.6 is 0 Å². The molecule has 0 spiro atoms. The Morgan fingerprint density at radius 2 is 2.41 bits per heavy atom. The molecule has 1 atom stereocenters. The van der Waals surface area contributed by atoms with Gasteiger partial charge in [0.1, 0.15) is 11.5 Å². The Kier molecular flexibility index (Phi) is 3.62. The maximum Gasteiger partial charge on any atom is 0.198 e. The first-order chi connectivity index (χ1) is 8.06. The third-order valence-electron chi connectivity index (χ3n) is 3.29. The topological polar surface area (TPSA) is 46.3 Å². The summed E-state index contributed by atoms with van der Waals surface area (Å²) in [7, 11) is 0. The molecule has 0 saturated carbocycles. The van der Waals surface area contributed by atoms with Crippen molar-refractivity contribution < 1.29 is 9.21 Å². The minimum absolute atomic E-state index is 0.114. The number of hydrogen-bond acceptors (Lipinski definition) is 4. The Bertz CT molecular complexity index is 398. The zero-order valence-electron chi connectivity index (χ0n) is 10.8. The van der Waals surface area contributed by atoms with Gasteiger partial charge in [0.2, 0.25) is 0 Å². The van der Waals surface area contributed by atoms with Crippen LogP contribution in [-0.4, -0.2) is 34.8 Å². The van der Waals surface area contributed by atoms with Gasteiger partial charge in [0.15, 0.2) is 5.89 Å². The number of rotatable bonds is 4. The molecule has 0 N–H and O–H groups in total. The zero-order chi connectivity index (χ0) is 12.4. The second kappa shape index (κ2) is 5.00. The number of ketones is 1. The van der Waals surface area contributed by atoms with E-state index in [0.717, 1.165) is 25.4 Å². The van der Waals surface area contributed by atoms with Gasteiger partial charge < -0.3 is 9.32 Å². The average Bonchev–Trinajstić information content (AvgIpc) is 2.83. The smallest absolute Gasteiger partial charge is 0.198 e. The van der Waals surface area contributed by atoms with Gasteiger partial charge >= 0.3 is 0 Å². The molecule has 0 radical (unpaired) electrons. The van der Waals surface area contributed by atoms with E-state index < -0.39 is 0 Å². The van der Waals surface area contributed by atoms with Crippen molar-refractivity contribution in [2.75, 3.05) is 13.1 Å². The number of aromatic nitrogens is 1. The molecular weight excluding hydrogens is 216 g/mol. The van der Waals surface area contributed by atoms with Gasteiger partial charge in [-0.2, -0.15) is 0 Å². The molecule has 1 fully saturated rings. The van der Waals surface area contributed by atoms with Crippen LogP contribution in [0.4, 0.5) is 0 Å². The van der Waals surface area contributed by atoms with Gasteiger partial charge in [0.05, 0.1) is 12.6 Å². The van der Waals surface area contributed by atoms with Crippen molar-refractivity contribution in [3.8, 4) is 0 Å². The second-order valence-electron chi connectivity index (χ2n) is 5.12. The summed E-state index contributed by atoms with van der Waals surface area (Å²) in [6, 6.07) is 0.576. The third kappa shape index (κ3) is 2.94. The van der Waals surface area contributed by atoms with Crippen LogP contribution < -0.4 is 0 Å². The van der Waals surface area contributed by atoms with E-state index in [9.17, 15) is 4.79 Å². The number of Topliss-reactive ketones (excluding diaryl/α,β-unsaturated/α-hetero) is 1. The number of carbonyl (C=O) groups is 1. The molecule has 1 aliphatic rings. The molecule has 0 aromatic carbocycles. The third-order valence-corrected chi connectivity index (χ3v) is 3.29. The molecular formula is C13H20N2O2. The van der Waals surface area contributed by atoms with Gasteiger partial charge in [-0.3, -0.25) is 4.79 Å². The van der Waals surface area contributed by atoms with Gasteiger partial charge in [-0.05, 0) is 33.7 Å². The standard InChI is InChI=1S/C13H20N2O2/c1-9(2)15-5-4-11(8-15)13-14-7-12(17-13)6-10(3)16/h7,9,11H,4-6,8H2,1-3H3. The maximum absolute atomic E-state index is 11.0. The average molecular weight is 236 g/mol. The molecule has 1 aromatic heterocycles. The first-order valence-electron chi connectivity index (χ1n) is 6.24. The summed E-state index contributed by atoms with van der Waals surface area (Å²) in [4.78, 5) is 17.7. The molecule has 2 rings (SSSR count). The van der Waals surface area contributed by atoms with Crippen molar-refractivity contribution >= 4 is 5.78 Å². The summed E-state index contributed by atoms with van der Waals surface area (Å²) in [5.74, 6) is 1.99. The first kappa shape index (κ1) is 12.3. The maximum atomic E-state index is 11.0. The Morgan fingerprint density at radius 1 is 1.65 bits per heavy atom. The minimum Gasteiger partial charge on any atom is -0.445 e. The van der Waals surface area contributed by atoms with E-state index in [4.69, 9.17) is 4.42 Å². The number of nitrogens with zero attached hydrogens (tertiary/aromatic N) is 2. The summed E-state index contributed by atoms with van der Waals surface area (Å²) in [5.41, 5.74) is 0. The quantitative estimate of drug-likeness (QED) is 0.802. The molecule has 1 aliphatic heterocycles. The van der Waals surface area contributed by atoms with Crippen LogP contribution in [-0.2, 0) is 11.2 Å². The molecule has 0 bridgehead atoms. The summed E-state index contributed by atoms with van der Waals surface area (Å²) < 4.78 is 5.65. The van der Waals surface area contributed by atoms with E-state index in [1.807, 2.05) is 0 Å². The Hall–Kier alpha value is -1.16. The second-order valence-corrected chi connectivity index (χ2v) is 5.12. The van der Waals surface area contributed by atoms with Crippen molar-refractivity contribution in [1.82, 2.24) is 9.88 Å². The van der Waals surface area contributed by atoms with Gasteiger partial charge in [0, 0.05) is 18.5 Å². The van der Waals surface area contributed by atoms with Gasteiger partial charge in [0.25, 0.3) is 0 Å². The molecule has 1 unspecified atom stereocenters. The highest BCUT2D eigenvalue weighted by atomic mass is 16.4. The van der Waals surface area contributed by atoms with E-state index in [-0.39, 0.29) is 5.78 Å². The van der Waals surface area contributed by atoms with Crippen LogP contribution in [0.5, 0.6) is 0 Å². The van der Waals surface area contributed by atoms with Crippen LogP contribution in [0.2, 0.25) is 0 Å². The van der Waals surface area contributed by atoms with Crippen LogP contribution in [0.15, 0.2) is 10.6 Å². The lowest BCUT2D eigenvalue weighted by atomic mass is 10.1. The van der Waals surface area contributed by atoms with E-state index in [2.05, 4.69) is 23.7 Å². The van der Waals surface area contributed by atoms with Crippen LogP contribution in [0, 0.1) is 0 Å². The minimum atomic E-state index is 0.114. The molecule has 1 saturated heterocycles. The predicted molar refractivity (Wildman–Crippen MR) is 65.0 cm³/mol. The SMILES string of the molecule is CC(=O)Cc1cnc(C2CCN(C(C)C)C2)o1. The molecule has 4 heteroatoms. The van der Waals surface area contributed by atoms with Crippen LogP contribution in [0.25, 0.3) is 0 Å². The lowest BCUT2D eigenvalue weighted by Crippen LogP contribution is -2.27. The molecule has 4 nitrogen and oxygen atoms in total. The van der Waals surface area contributed by atoms with Gasteiger partial charge in [-0.15, -0.1) is 0 Å². The van der Waals surface area contributed by atoms with E-state index in [1.165, 1.54) is 0 Å². The Labute approximate surface area is 102 Å². The highest BCUT2D eigenvalue weighted by Crippen LogP contribution is 2.28. The molecule has 2 heterocycles. The van der Waals surface area contributed by atoms with Crippen molar-refractivity contribution in [1.29, 1.82) is 0 Å². The molecule has 0 aliphatic carbocycles. The highest BCUT2D eigenvalue weighted by molar-refractivity contribution is 5.77. The van der Waals surface area contributed by atoms with E-state index >= 15 is 0 Å². The Balaban J connectivity index is 1.99. The fourth-order valence-electron chi connectivity index (χ4n) is 2.30. The van der Waals surface area contributed by atoms with Crippen LogP contribution in [0.1, 0.15) is 44.8 Å². The number of oxazole rings is 1. The highest BCUT2D eigenvalue weighted by Gasteiger charge is 2.28. The number of hydrogen-bond donors (Lipinski definition) is 0. The lowest BCUT2D eigenvalue weighted by molar-refractivity contribution is -0.116. The van der Waals surface area contributed by atoms with Crippen molar-refractivity contribution in [3.05, 3.63) is 17.8 Å². The summed E-state index contributed by atoms with van der Waals surface area (Å²) in [6.07, 6.45) is 3.14. The molecule has 1 aromatic rings. The largest absolute Gasteiger partial charge is 0.445 e. The normalized spacial score (nSPS) is 21.3. The summed E-state index contributed by atoms with van der Waals surface area (Å²) in [6.45, 7) is 8.10. The summed E-state index contributed by atoms with van der Waals surface area (Å²) in [5, 5.41) is 0. The molecule has 94 valence electrons. The van der Waals surface area contributed by atoms with Crippen molar-refractivity contribution in [2.24, 2.45) is 0 Å². The van der Waals surface area contributed by atoms with Crippen LogP contribution in [0.3, 0.4) is 0 Å². The van der Waals surface area contributed by atoms with E-state index in [1.54, 1.807) is 13.1 Å². The monoisotopic (exact) mass is 236 g/mol. The summed E-state index contributed by atoms with van der Waals surface area (Å²) >= 11 is 0. The molecule has 0 amide bonds. The number of likely N-dealkylation sites (tertiary alicyclic amines) is 1. The fraction of sp³-hybridized carbons (Fsp3) is 0.692. The number of carbonyl (C=O) groups excluding carboxylic acids is 1. The lowest BCUT2D eigenvalue weighted by Gasteiger charge is -2.19. The van der Waals surface area contributed by atoms with E-state index in [0.29, 0.717) is 24.1 Å². The van der Waals surface area contributed by atoms with Gasteiger partial charge in [-0.25, -0.2) is 4.98 Å². The van der Waals surface area contributed by atoms with Gasteiger partial charge in [-0.1, -0.05) is 0 Å². The molecule has 17 heavy (non-hydrogen) atoms. The first-order valence-corrected chi connectivity index (χ1v) is 6.24. The zero-order valence-corrected chi connectivity index (χ0v) is 10.8. The Morgan fingerprint density at radius 3 is 3.00 bits per heavy atom.